The van der Waals surface area contributed by atoms with Gasteiger partial charge < -0.3 is 19.2 Å². The van der Waals surface area contributed by atoms with Gasteiger partial charge in [-0.25, -0.2) is 4.79 Å². The maximum absolute atomic E-state index is 12.9. The molecule has 0 radical (unpaired) electrons. The zero-order chi connectivity index (χ0) is 18.9. The van der Waals surface area contributed by atoms with Gasteiger partial charge in [0.1, 0.15) is 5.75 Å². The van der Waals surface area contributed by atoms with E-state index < -0.39 is 23.6 Å². The molecule has 3 rings (SSSR count). The number of halogens is 3. The molecule has 0 amide bonds. The average Bonchev–Trinajstić information content (AvgIpc) is 3.08. The first-order valence-electron chi connectivity index (χ1n) is 8.00. The quantitative estimate of drug-likeness (QED) is 0.883. The Kier molecular flexibility index (Phi) is 4.80. The van der Waals surface area contributed by atoms with Gasteiger partial charge >= 0.3 is 12.1 Å². The SMILES string of the molecule is COc1ccccc1C1CCN(c2nc(C(F)(F)F)c(C(=O)O)o2)CC1. The van der Waals surface area contributed by atoms with Crippen molar-refractivity contribution in [1.82, 2.24) is 4.98 Å². The number of ether oxygens (including phenoxy) is 1. The highest BCUT2D eigenvalue weighted by Crippen LogP contribution is 2.37. The Morgan fingerprint density at radius 2 is 1.96 bits per heavy atom. The molecule has 2 heterocycles. The molecule has 0 bridgehead atoms. The lowest BCUT2D eigenvalue weighted by Gasteiger charge is -2.31. The minimum absolute atomic E-state index is 0.193. The second kappa shape index (κ2) is 6.89. The molecule has 140 valence electrons. The molecule has 1 aliphatic heterocycles. The number of hydrogen-bond acceptors (Lipinski definition) is 5. The zero-order valence-corrected chi connectivity index (χ0v) is 13.9. The summed E-state index contributed by atoms with van der Waals surface area (Å²) in [4.78, 5) is 15.9. The number of carboxylic acids is 1. The molecule has 1 aromatic heterocycles. The Hall–Kier alpha value is -2.71. The lowest BCUT2D eigenvalue weighted by Crippen LogP contribution is -2.33. The lowest BCUT2D eigenvalue weighted by molar-refractivity contribution is -0.141. The summed E-state index contributed by atoms with van der Waals surface area (Å²) in [5.41, 5.74) is -0.462. The molecule has 1 N–H and O–H groups in total. The third-order valence-corrected chi connectivity index (χ3v) is 4.42. The van der Waals surface area contributed by atoms with Crippen molar-refractivity contribution in [3.05, 3.63) is 41.3 Å². The summed E-state index contributed by atoms with van der Waals surface area (Å²) in [6.45, 7) is 0.805. The summed E-state index contributed by atoms with van der Waals surface area (Å²) >= 11 is 0. The van der Waals surface area contributed by atoms with Gasteiger partial charge in [0, 0.05) is 13.1 Å². The minimum atomic E-state index is -4.88. The van der Waals surface area contributed by atoms with E-state index in [1.807, 2.05) is 24.3 Å². The Labute approximate surface area is 147 Å². The summed E-state index contributed by atoms with van der Waals surface area (Å²) in [5, 5.41) is 8.92. The number of aromatic nitrogens is 1. The van der Waals surface area contributed by atoms with Gasteiger partial charge in [0.05, 0.1) is 7.11 Å². The fourth-order valence-corrected chi connectivity index (χ4v) is 3.17. The molecule has 6 nitrogen and oxygen atoms in total. The number of oxazole rings is 1. The standard InChI is InChI=1S/C17H17F3N2O4/c1-25-12-5-3-2-4-11(12)10-6-8-22(9-7-10)16-21-14(17(18,19)20)13(26-16)15(23)24/h2-5,10H,6-9H2,1H3,(H,23,24). The van der Waals surface area contributed by atoms with Crippen molar-refractivity contribution in [2.24, 2.45) is 0 Å². The lowest BCUT2D eigenvalue weighted by atomic mass is 9.89. The van der Waals surface area contributed by atoms with Crippen LogP contribution in [-0.2, 0) is 6.18 Å². The van der Waals surface area contributed by atoms with E-state index in [9.17, 15) is 18.0 Å². The predicted octanol–water partition coefficient (Wildman–Crippen LogP) is 3.78. The van der Waals surface area contributed by atoms with Crippen LogP contribution in [0.5, 0.6) is 5.75 Å². The van der Waals surface area contributed by atoms with Crippen LogP contribution in [0.25, 0.3) is 0 Å². The van der Waals surface area contributed by atoms with Crippen molar-refractivity contribution in [2.45, 2.75) is 24.9 Å². The van der Waals surface area contributed by atoms with Crippen LogP contribution in [0.15, 0.2) is 28.7 Å². The molecular formula is C17H17F3N2O4. The van der Waals surface area contributed by atoms with Crippen LogP contribution in [0.4, 0.5) is 19.2 Å². The highest BCUT2D eigenvalue weighted by atomic mass is 19.4. The van der Waals surface area contributed by atoms with Crippen LogP contribution in [0.1, 0.15) is 40.6 Å². The monoisotopic (exact) mass is 370 g/mol. The molecule has 1 fully saturated rings. The smallest absolute Gasteiger partial charge is 0.437 e. The molecule has 26 heavy (non-hydrogen) atoms. The first-order valence-corrected chi connectivity index (χ1v) is 8.00. The largest absolute Gasteiger partial charge is 0.496 e. The number of benzene rings is 1. The summed E-state index contributed by atoms with van der Waals surface area (Å²) in [7, 11) is 1.59. The van der Waals surface area contributed by atoms with E-state index in [0.29, 0.717) is 25.9 Å². The van der Waals surface area contributed by atoms with Crippen LogP contribution >= 0.6 is 0 Å². The molecule has 2 aromatic rings. The first-order chi connectivity index (χ1) is 12.3. The molecule has 0 saturated carbocycles. The second-order valence-corrected chi connectivity index (χ2v) is 5.98. The molecule has 0 spiro atoms. The van der Waals surface area contributed by atoms with Crippen LogP contribution in [-0.4, -0.2) is 36.3 Å². The summed E-state index contributed by atoms with van der Waals surface area (Å²) in [5.74, 6) is -2.01. The number of aromatic carboxylic acids is 1. The van der Waals surface area contributed by atoms with Crippen molar-refractivity contribution in [3.8, 4) is 5.75 Å². The fourth-order valence-electron chi connectivity index (χ4n) is 3.17. The maximum Gasteiger partial charge on any atom is 0.437 e. The average molecular weight is 370 g/mol. The summed E-state index contributed by atoms with van der Waals surface area (Å²) in [6.07, 6.45) is -3.57. The maximum atomic E-state index is 12.9. The number of alkyl halides is 3. The number of para-hydroxylation sites is 1. The van der Waals surface area contributed by atoms with Gasteiger partial charge in [-0.1, -0.05) is 18.2 Å². The Bertz CT molecular complexity index is 796. The van der Waals surface area contributed by atoms with Crippen molar-refractivity contribution in [2.75, 3.05) is 25.1 Å². The Morgan fingerprint density at radius 1 is 1.31 bits per heavy atom. The highest BCUT2D eigenvalue weighted by molar-refractivity contribution is 5.86. The van der Waals surface area contributed by atoms with E-state index in [2.05, 4.69) is 4.98 Å². The van der Waals surface area contributed by atoms with E-state index >= 15 is 0 Å². The Balaban J connectivity index is 1.77. The van der Waals surface area contributed by atoms with E-state index in [0.717, 1.165) is 11.3 Å². The number of carboxylic acid groups (broad SMARTS) is 1. The topological polar surface area (TPSA) is 75.8 Å². The molecule has 0 atom stereocenters. The number of carbonyl (C=O) groups is 1. The van der Waals surface area contributed by atoms with Gasteiger partial charge in [-0.3, -0.25) is 0 Å². The third kappa shape index (κ3) is 3.47. The Morgan fingerprint density at radius 3 is 2.50 bits per heavy atom. The first kappa shape index (κ1) is 18.1. The van der Waals surface area contributed by atoms with Gasteiger partial charge in [0.15, 0.2) is 5.69 Å². The van der Waals surface area contributed by atoms with E-state index in [1.54, 1.807) is 7.11 Å². The molecule has 0 aliphatic carbocycles. The van der Waals surface area contributed by atoms with Gasteiger partial charge in [0.25, 0.3) is 6.01 Å². The van der Waals surface area contributed by atoms with Crippen LogP contribution in [0.3, 0.4) is 0 Å². The molecule has 0 unspecified atom stereocenters. The third-order valence-electron chi connectivity index (χ3n) is 4.42. The summed E-state index contributed by atoms with van der Waals surface area (Å²) in [6, 6.07) is 7.30. The number of piperidine rings is 1. The number of hydrogen-bond donors (Lipinski definition) is 1. The number of nitrogens with zero attached hydrogens (tertiary/aromatic N) is 2. The van der Waals surface area contributed by atoms with Gasteiger partial charge in [-0.15, -0.1) is 0 Å². The van der Waals surface area contributed by atoms with Crippen LogP contribution in [0, 0.1) is 0 Å². The van der Waals surface area contributed by atoms with Crippen LogP contribution < -0.4 is 9.64 Å². The highest BCUT2D eigenvalue weighted by Gasteiger charge is 2.42. The van der Waals surface area contributed by atoms with E-state index in [-0.39, 0.29) is 11.9 Å². The van der Waals surface area contributed by atoms with Gasteiger partial charge in [-0.2, -0.15) is 18.2 Å². The van der Waals surface area contributed by atoms with Gasteiger partial charge in [0.2, 0.25) is 5.76 Å². The fraction of sp³-hybridized carbons (Fsp3) is 0.412. The van der Waals surface area contributed by atoms with E-state index in [4.69, 9.17) is 14.3 Å². The minimum Gasteiger partial charge on any atom is -0.496 e. The van der Waals surface area contributed by atoms with Crippen molar-refractivity contribution in [3.63, 3.8) is 0 Å². The van der Waals surface area contributed by atoms with Gasteiger partial charge in [-0.05, 0) is 30.4 Å². The summed E-state index contributed by atoms with van der Waals surface area (Å²) < 4.78 is 49.1. The van der Waals surface area contributed by atoms with E-state index in [1.165, 1.54) is 4.90 Å². The number of methoxy groups -OCH3 is 1. The molecular weight excluding hydrogens is 353 g/mol. The normalized spacial score (nSPS) is 15.9. The second-order valence-electron chi connectivity index (χ2n) is 5.98. The zero-order valence-electron chi connectivity index (χ0n) is 13.9. The number of rotatable bonds is 4. The van der Waals surface area contributed by atoms with Crippen molar-refractivity contribution >= 4 is 12.0 Å². The van der Waals surface area contributed by atoms with Crippen LogP contribution in [0.2, 0.25) is 0 Å². The molecule has 9 heteroatoms. The van der Waals surface area contributed by atoms with Crippen molar-refractivity contribution < 1.29 is 32.2 Å². The molecule has 1 aliphatic rings. The molecule has 1 aromatic carbocycles. The van der Waals surface area contributed by atoms with Crippen molar-refractivity contribution in [1.29, 1.82) is 0 Å². The molecule has 1 saturated heterocycles. The predicted molar refractivity (Wildman–Crippen MR) is 85.6 cm³/mol. The number of anilines is 1.